The van der Waals surface area contributed by atoms with Gasteiger partial charge in [-0.05, 0) is 127 Å². The summed E-state index contributed by atoms with van der Waals surface area (Å²) in [5, 5.41) is 4.82. The number of rotatable bonds is 13. The molecule has 9 heteroatoms. The molecule has 3 heterocycles. The van der Waals surface area contributed by atoms with Crippen molar-refractivity contribution < 1.29 is 9.68 Å². The lowest BCUT2D eigenvalue weighted by Crippen LogP contribution is -2.68. The number of piperidine rings is 2. The molecule has 0 N–H and O–H groups in total. The van der Waals surface area contributed by atoms with Gasteiger partial charge in [-0.15, -0.1) is 0 Å². The van der Waals surface area contributed by atoms with E-state index in [9.17, 15) is 0 Å². The van der Waals surface area contributed by atoms with Crippen molar-refractivity contribution in [1.29, 1.82) is 0 Å². The van der Waals surface area contributed by atoms with Gasteiger partial charge in [0.05, 0.1) is 12.2 Å². The van der Waals surface area contributed by atoms with E-state index in [0.717, 1.165) is 69.8 Å². The molecule has 300 valence electrons. The van der Waals surface area contributed by atoms with Crippen molar-refractivity contribution in [3.05, 3.63) is 0 Å². The van der Waals surface area contributed by atoms with Gasteiger partial charge in [0.2, 0.25) is 5.96 Å². The van der Waals surface area contributed by atoms with Crippen LogP contribution in [0.15, 0.2) is 9.98 Å². The molecule has 3 aliphatic heterocycles. The molecule has 0 aromatic carbocycles. The number of unbranched alkanes of at least 4 members (excludes halogenated alkanes) is 2. The topological polar surface area (TPSA) is 59.4 Å². The van der Waals surface area contributed by atoms with Crippen LogP contribution in [0, 0.1) is 0 Å². The minimum Gasteiger partial charge on any atom is -0.339 e. The highest BCUT2D eigenvalue weighted by molar-refractivity contribution is 5.96. The quantitative estimate of drug-likeness (QED) is 0.187. The van der Waals surface area contributed by atoms with Gasteiger partial charge in [0.1, 0.15) is 5.84 Å². The smallest absolute Gasteiger partial charge is 0.205 e. The number of hydrogen-bond acceptors (Lipinski definition) is 9. The molecule has 0 spiro atoms. The Bertz CT molecular complexity index is 1170. The molecule has 1 unspecified atom stereocenters. The fourth-order valence-electron chi connectivity index (χ4n) is 10.9. The van der Waals surface area contributed by atoms with E-state index in [0.29, 0.717) is 24.3 Å². The zero-order valence-corrected chi connectivity index (χ0v) is 36.0. The predicted octanol–water partition coefficient (Wildman–Crippen LogP) is 9.77. The van der Waals surface area contributed by atoms with E-state index in [1.54, 1.807) is 0 Å². The molecule has 2 aliphatic carbocycles. The van der Waals surface area contributed by atoms with Crippen LogP contribution in [-0.2, 0) is 9.68 Å². The second-order valence-corrected chi connectivity index (χ2v) is 19.9. The molecule has 0 amide bonds. The third kappa shape index (κ3) is 9.75. The van der Waals surface area contributed by atoms with E-state index in [2.05, 4.69) is 108 Å². The highest BCUT2D eigenvalue weighted by Gasteiger charge is 2.52. The number of guanidine groups is 1. The Hall–Kier alpha value is -1.26. The van der Waals surface area contributed by atoms with Crippen LogP contribution in [0.2, 0.25) is 0 Å². The predicted molar refractivity (Wildman–Crippen MR) is 217 cm³/mol. The maximum Gasteiger partial charge on any atom is 0.205 e. The summed E-state index contributed by atoms with van der Waals surface area (Å²) in [6.45, 7) is 28.1. The summed E-state index contributed by atoms with van der Waals surface area (Å²) < 4.78 is 0. The van der Waals surface area contributed by atoms with Crippen LogP contribution in [-0.4, -0.2) is 109 Å². The zero-order valence-electron chi connectivity index (χ0n) is 36.0. The number of aliphatic imine (C=N–C) groups is 2. The van der Waals surface area contributed by atoms with E-state index in [-0.39, 0.29) is 28.4 Å². The number of hydrogen-bond donors (Lipinski definition) is 0. The van der Waals surface area contributed by atoms with Crippen molar-refractivity contribution in [2.24, 2.45) is 9.98 Å². The average Bonchev–Trinajstić information content (AvgIpc) is 3.07. The number of hydroxylamine groups is 4. The average molecular weight is 728 g/mol. The molecule has 1 atom stereocenters. The molecule has 0 radical (unpaired) electrons. The number of nitrogens with zero attached hydrogens (tertiary/aromatic N) is 7. The van der Waals surface area contributed by atoms with Crippen LogP contribution < -0.4 is 0 Å². The highest BCUT2D eigenvalue weighted by Crippen LogP contribution is 2.45. The molecule has 0 aromatic heterocycles. The summed E-state index contributed by atoms with van der Waals surface area (Å²) in [5.74, 6) is 2.00. The van der Waals surface area contributed by atoms with Crippen LogP contribution in [0.25, 0.3) is 0 Å². The van der Waals surface area contributed by atoms with Gasteiger partial charge in [0.25, 0.3) is 0 Å². The van der Waals surface area contributed by atoms with Crippen molar-refractivity contribution in [2.75, 3.05) is 20.1 Å². The van der Waals surface area contributed by atoms with E-state index in [4.69, 9.17) is 19.7 Å². The second-order valence-electron chi connectivity index (χ2n) is 19.9. The SMILES string of the molecule is CCCCN(C1=NC(C)=NC(N(CCCC)C2CC(C)(C)N(OC3CCCCC3)C(C)(C)C2)N1C)C1CC(C)(C)N(OC2CCCCC2)C(C)(C)C1. The molecule has 0 aromatic rings. The highest BCUT2D eigenvalue weighted by atomic mass is 16.7. The molecule has 52 heavy (non-hydrogen) atoms. The second kappa shape index (κ2) is 17.3. The summed E-state index contributed by atoms with van der Waals surface area (Å²) in [7, 11) is 2.27. The monoisotopic (exact) mass is 728 g/mol. The Morgan fingerprint density at radius 3 is 1.50 bits per heavy atom. The zero-order chi connectivity index (χ0) is 37.9. The summed E-state index contributed by atoms with van der Waals surface area (Å²) in [5.41, 5.74) is -0.365. The van der Waals surface area contributed by atoms with E-state index in [1.807, 2.05) is 0 Å². The molecule has 4 fully saturated rings. The largest absolute Gasteiger partial charge is 0.339 e. The first-order valence-electron chi connectivity index (χ1n) is 21.8. The van der Waals surface area contributed by atoms with Gasteiger partial charge >= 0.3 is 0 Å². The lowest BCUT2D eigenvalue weighted by Gasteiger charge is -2.58. The lowest BCUT2D eigenvalue weighted by atomic mass is 9.78. The fourth-order valence-corrected chi connectivity index (χ4v) is 10.9. The van der Waals surface area contributed by atoms with Gasteiger partial charge in [-0.1, -0.05) is 65.2 Å². The Balaban J connectivity index is 1.39. The van der Waals surface area contributed by atoms with Crippen molar-refractivity contribution in [1.82, 2.24) is 24.8 Å². The molecule has 2 saturated heterocycles. The van der Waals surface area contributed by atoms with Crippen LogP contribution in [0.5, 0.6) is 0 Å². The molecular weight excluding hydrogens is 647 g/mol. The standard InChI is InChI=1S/C43H81N7O2/c1-13-15-27-47(34-29-40(4,5)49(41(6,7)30-34)51-36-23-19-17-20-24-36)38-44-33(3)45-39(46(38)12)48(28-16-14-2)35-31-42(8,9)50(43(10,11)32-35)52-37-25-21-18-22-26-37/h34-38H,13-32H2,1-12H3. The lowest BCUT2D eigenvalue weighted by molar-refractivity contribution is -0.315. The van der Waals surface area contributed by atoms with Gasteiger partial charge in [-0.25, -0.2) is 9.98 Å². The minimum absolute atomic E-state index is 0.0821. The Labute approximate surface area is 320 Å². The first kappa shape index (κ1) is 41.9. The Kier molecular flexibility index (Phi) is 13.9. The van der Waals surface area contributed by atoms with E-state index in [1.165, 1.54) is 70.6 Å². The minimum atomic E-state index is -0.0946. The summed E-state index contributed by atoms with van der Waals surface area (Å²) in [6, 6.07) is 0.742. The normalized spacial score (nSPS) is 28.2. The van der Waals surface area contributed by atoms with Gasteiger partial charge in [0, 0.05) is 54.4 Å². The molecular formula is C43H81N7O2. The van der Waals surface area contributed by atoms with Gasteiger partial charge in [-0.3, -0.25) is 14.6 Å². The summed E-state index contributed by atoms with van der Waals surface area (Å²) in [4.78, 5) is 32.4. The van der Waals surface area contributed by atoms with Crippen molar-refractivity contribution >= 4 is 11.8 Å². The molecule has 2 saturated carbocycles. The third-order valence-corrected chi connectivity index (χ3v) is 13.0. The maximum absolute atomic E-state index is 6.93. The van der Waals surface area contributed by atoms with Crippen LogP contribution >= 0.6 is 0 Å². The van der Waals surface area contributed by atoms with Gasteiger partial charge < -0.3 is 9.80 Å². The van der Waals surface area contributed by atoms with Crippen molar-refractivity contribution in [3.8, 4) is 0 Å². The first-order valence-corrected chi connectivity index (χ1v) is 21.8. The van der Waals surface area contributed by atoms with Crippen molar-refractivity contribution in [3.63, 3.8) is 0 Å². The maximum atomic E-state index is 6.93. The summed E-state index contributed by atoms with van der Waals surface area (Å²) in [6.07, 6.45) is 22.1. The van der Waals surface area contributed by atoms with Crippen LogP contribution in [0.1, 0.15) is 192 Å². The number of amidine groups is 1. The first-order chi connectivity index (χ1) is 24.5. The fraction of sp³-hybridized carbons (Fsp3) is 0.953. The van der Waals surface area contributed by atoms with Crippen molar-refractivity contribution in [2.45, 2.75) is 244 Å². The molecule has 5 rings (SSSR count). The molecule has 9 nitrogen and oxygen atoms in total. The Morgan fingerprint density at radius 1 is 0.635 bits per heavy atom. The molecule has 5 aliphatic rings. The van der Waals surface area contributed by atoms with Gasteiger partial charge in [-0.2, -0.15) is 10.1 Å². The molecule has 0 bridgehead atoms. The van der Waals surface area contributed by atoms with E-state index < -0.39 is 0 Å². The van der Waals surface area contributed by atoms with Gasteiger partial charge in [0.15, 0.2) is 6.29 Å². The summed E-state index contributed by atoms with van der Waals surface area (Å²) >= 11 is 0. The third-order valence-electron chi connectivity index (χ3n) is 13.0. The Morgan fingerprint density at radius 2 is 1.06 bits per heavy atom. The van der Waals surface area contributed by atoms with Crippen LogP contribution in [0.3, 0.4) is 0 Å². The van der Waals surface area contributed by atoms with Crippen LogP contribution in [0.4, 0.5) is 0 Å². The van der Waals surface area contributed by atoms with E-state index >= 15 is 0 Å².